The molecule has 4 aromatic heterocycles. The number of nitrogens with zero attached hydrogens (tertiary/aromatic N) is 2. The smallest absolute Gasteiger partial charge is 0.238 e. The van der Waals surface area contributed by atoms with E-state index in [1.165, 1.54) is 11.8 Å². The van der Waals surface area contributed by atoms with E-state index in [-0.39, 0.29) is 11.2 Å². The molecule has 0 bridgehead atoms. The first-order valence-corrected chi connectivity index (χ1v) is 9.57. The zero-order valence-corrected chi connectivity index (χ0v) is 16.1. The Bertz CT molecular complexity index is 1020. The molecule has 2 N–H and O–H groups in total. The van der Waals surface area contributed by atoms with Crippen LogP contribution in [0.5, 0.6) is 0 Å². The van der Waals surface area contributed by atoms with E-state index in [0.29, 0.717) is 33.9 Å². The number of nitrogens with one attached hydrogen (secondary N) is 2. The number of rotatable bonds is 6. The van der Waals surface area contributed by atoms with E-state index < -0.39 is 0 Å². The number of aryl methyl sites for hydroxylation is 1. The van der Waals surface area contributed by atoms with Gasteiger partial charge in [0.1, 0.15) is 17.2 Å². The number of aromatic amines is 1. The Balaban J connectivity index is 1.54. The number of carbonyl (C=O) groups is 1. The molecule has 0 aliphatic carbocycles. The van der Waals surface area contributed by atoms with Crippen molar-refractivity contribution in [2.75, 3.05) is 5.32 Å². The highest BCUT2D eigenvalue weighted by atomic mass is 32.2. The van der Waals surface area contributed by atoms with Crippen LogP contribution in [-0.4, -0.2) is 26.1 Å². The number of amides is 1. The Morgan fingerprint density at radius 1 is 1.07 bits per heavy atom. The SMILES string of the molecule is Cc1cccc(NC(=O)C(C)Sc2nc(-c3ccco3)c(-c3ccco3)[nH]2)n1. The minimum absolute atomic E-state index is 0.154. The first kappa shape index (κ1) is 18.1. The van der Waals surface area contributed by atoms with Crippen LogP contribution in [0.2, 0.25) is 0 Å². The highest BCUT2D eigenvalue weighted by molar-refractivity contribution is 8.00. The third-order valence-electron chi connectivity index (χ3n) is 4.00. The molecule has 0 saturated carbocycles. The molecule has 0 aromatic carbocycles. The summed E-state index contributed by atoms with van der Waals surface area (Å²) in [5, 5.41) is 3.04. The van der Waals surface area contributed by atoms with Gasteiger partial charge in [-0.2, -0.15) is 0 Å². The second kappa shape index (κ2) is 7.77. The number of H-pyrrole nitrogens is 1. The van der Waals surface area contributed by atoms with Crippen LogP contribution in [0.3, 0.4) is 0 Å². The summed E-state index contributed by atoms with van der Waals surface area (Å²) >= 11 is 1.31. The number of carbonyl (C=O) groups excluding carboxylic acids is 1. The van der Waals surface area contributed by atoms with Crippen molar-refractivity contribution in [3.8, 4) is 22.9 Å². The van der Waals surface area contributed by atoms with Crippen LogP contribution < -0.4 is 5.32 Å². The predicted molar refractivity (Wildman–Crippen MR) is 107 cm³/mol. The summed E-state index contributed by atoms with van der Waals surface area (Å²) in [6.07, 6.45) is 3.19. The van der Waals surface area contributed by atoms with E-state index in [0.717, 1.165) is 5.69 Å². The maximum absolute atomic E-state index is 12.5. The number of imidazole rings is 1. The van der Waals surface area contributed by atoms with Crippen molar-refractivity contribution in [3.63, 3.8) is 0 Å². The number of pyridine rings is 1. The van der Waals surface area contributed by atoms with E-state index in [1.54, 1.807) is 30.7 Å². The van der Waals surface area contributed by atoms with Crippen molar-refractivity contribution in [2.45, 2.75) is 24.3 Å². The Morgan fingerprint density at radius 2 is 1.82 bits per heavy atom. The largest absolute Gasteiger partial charge is 0.463 e. The first-order valence-electron chi connectivity index (χ1n) is 8.69. The minimum Gasteiger partial charge on any atom is -0.463 e. The normalized spacial score (nSPS) is 12.1. The quantitative estimate of drug-likeness (QED) is 0.458. The summed E-state index contributed by atoms with van der Waals surface area (Å²) in [6, 6.07) is 12.8. The third-order valence-corrected chi connectivity index (χ3v) is 4.99. The van der Waals surface area contributed by atoms with E-state index in [1.807, 2.05) is 38.1 Å². The number of hydrogen-bond donors (Lipinski definition) is 2. The van der Waals surface area contributed by atoms with Crippen LogP contribution in [0.15, 0.2) is 69.0 Å². The molecular formula is C20H18N4O3S. The van der Waals surface area contributed by atoms with Gasteiger partial charge in [-0.05, 0) is 50.2 Å². The highest BCUT2D eigenvalue weighted by Crippen LogP contribution is 2.34. The van der Waals surface area contributed by atoms with Gasteiger partial charge in [0.05, 0.1) is 17.8 Å². The highest BCUT2D eigenvalue weighted by Gasteiger charge is 2.22. The van der Waals surface area contributed by atoms with Crippen LogP contribution in [0, 0.1) is 6.92 Å². The van der Waals surface area contributed by atoms with Crippen molar-refractivity contribution >= 4 is 23.5 Å². The summed E-state index contributed by atoms with van der Waals surface area (Å²) in [7, 11) is 0. The van der Waals surface area contributed by atoms with Gasteiger partial charge in [0, 0.05) is 5.69 Å². The number of hydrogen-bond acceptors (Lipinski definition) is 6. The first-order chi connectivity index (χ1) is 13.6. The number of furan rings is 2. The lowest BCUT2D eigenvalue weighted by Gasteiger charge is -2.10. The predicted octanol–water partition coefficient (Wildman–Crippen LogP) is 4.75. The summed E-state index contributed by atoms with van der Waals surface area (Å²) in [4.78, 5) is 24.7. The number of aromatic nitrogens is 3. The van der Waals surface area contributed by atoms with Crippen molar-refractivity contribution < 1.29 is 13.6 Å². The topological polar surface area (TPSA) is 97.0 Å². The van der Waals surface area contributed by atoms with Crippen LogP contribution >= 0.6 is 11.8 Å². The zero-order valence-electron chi connectivity index (χ0n) is 15.3. The monoisotopic (exact) mass is 394 g/mol. The summed E-state index contributed by atoms with van der Waals surface area (Å²) in [5.41, 5.74) is 2.18. The van der Waals surface area contributed by atoms with Gasteiger partial charge in [-0.1, -0.05) is 17.8 Å². The molecule has 0 radical (unpaired) electrons. The fraction of sp³-hybridized carbons (Fsp3) is 0.150. The van der Waals surface area contributed by atoms with Crippen molar-refractivity contribution in [3.05, 3.63) is 60.7 Å². The van der Waals surface area contributed by atoms with Gasteiger partial charge in [0.15, 0.2) is 16.7 Å². The molecule has 0 aliphatic heterocycles. The third kappa shape index (κ3) is 3.86. The molecule has 0 fully saturated rings. The maximum atomic E-state index is 12.5. The van der Waals surface area contributed by atoms with E-state index in [2.05, 4.69) is 20.3 Å². The van der Waals surface area contributed by atoms with Crippen molar-refractivity contribution in [1.82, 2.24) is 15.0 Å². The maximum Gasteiger partial charge on any atom is 0.238 e. The average molecular weight is 394 g/mol. The Labute approximate surface area is 165 Å². The Kier molecular flexibility index (Phi) is 5.03. The minimum atomic E-state index is -0.387. The molecule has 4 rings (SSSR count). The van der Waals surface area contributed by atoms with E-state index in [9.17, 15) is 4.79 Å². The van der Waals surface area contributed by atoms with E-state index in [4.69, 9.17) is 8.83 Å². The van der Waals surface area contributed by atoms with Gasteiger partial charge in [-0.15, -0.1) is 0 Å². The van der Waals surface area contributed by atoms with Crippen molar-refractivity contribution in [2.24, 2.45) is 0 Å². The molecule has 1 atom stereocenters. The van der Waals surface area contributed by atoms with Gasteiger partial charge < -0.3 is 19.1 Å². The van der Waals surface area contributed by atoms with Gasteiger partial charge in [-0.25, -0.2) is 9.97 Å². The molecule has 1 unspecified atom stereocenters. The molecule has 28 heavy (non-hydrogen) atoms. The molecule has 0 spiro atoms. The molecular weight excluding hydrogens is 376 g/mol. The zero-order chi connectivity index (χ0) is 19.5. The molecule has 0 aliphatic rings. The van der Waals surface area contributed by atoms with Crippen LogP contribution in [0.4, 0.5) is 5.82 Å². The fourth-order valence-corrected chi connectivity index (χ4v) is 3.47. The average Bonchev–Trinajstić information content (AvgIpc) is 3.42. The molecule has 7 nitrogen and oxygen atoms in total. The lowest BCUT2D eigenvalue weighted by molar-refractivity contribution is -0.115. The van der Waals surface area contributed by atoms with Gasteiger partial charge in [-0.3, -0.25) is 4.79 Å². The summed E-state index contributed by atoms with van der Waals surface area (Å²) in [6.45, 7) is 3.69. The molecule has 8 heteroatoms. The summed E-state index contributed by atoms with van der Waals surface area (Å²) < 4.78 is 11.0. The molecule has 4 aromatic rings. The van der Waals surface area contributed by atoms with Crippen LogP contribution in [0.25, 0.3) is 22.9 Å². The molecule has 0 saturated heterocycles. The number of anilines is 1. The summed E-state index contributed by atoms with van der Waals surface area (Å²) in [5.74, 6) is 1.64. The van der Waals surface area contributed by atoms with E-state index >= 15 is 0 Å². The lowest BCUT2D eigenvalue weighted by atomic mass is 10.2. The molecule has 4 heterocycles. The second-order valence-electron chi connectivity index (χ2n) is 6.13. The van der Waals surface area contributed by atoms with Crippen LogP contribution in [0.1, 0.15) is 12.6 Å². The lowest BCUT2D eigenvalue weighted by Crippen LogP contribution is -2.23. The van der Waals surface area contributed by atoms with Crippen molar-refractivity contribution in [1.29, 1.82) is 0 Å². The molecule has 1 amide bonds. The standard InChI is InChI=1S/C20H18N4O3S/c1-12-6-3-9-16(21-12)22-19(25)13(2)28-20-23-17(14-7-4-10-26-14)18(24-20)15-8-5-11-27-15/h3-11,13H,1-2H3,(H,23,24)(H,21,22,25). The Hall–Kier alpha value is -3.26. The molecule has 142 valence electrons. The van der Waals surface area contributed by atoms with Crippen LogP contribution in [-0.2, 0) is 4.79 Å². The fourth-order valence-electron chi connectivity index (χ4n) is 2.66. The number of thioether (sulfide) groups is 1. The second-order valence-corrected chi connectivity index (χ2v) is 7.46. The Morgan fingerprint density at radius 3 is 2.50 bits per heavy atom. The van der Waals surface area contributed by atoms with Gasteiger partial charge >= 0.3 is 0 Å². The van der Waals surface area contributed by atoms with Gasteiger partial charge in [0.25, 0.3) is 0 Å². The van der Waals surface area contributed by atoms with Gasteiger partial charge in [0.2, 0.25) is 5.91 Å².